The third-order valence-electron chi connectivity index (χ3n) is 3.96. The Morgan fingerprint density at radius 2 is 1.93 bits per heavy atom. The first-order valence-electron chi connectivity index (χ1n) is 8.95. The average molecular weight is 438 g/mol. The van der Waals surface area contributed by atoms with Crippen LogP contribution in [0.15, 0.2) is 10.9 Å². The van der Waals surface area contributed by atoms with Crippen LogP contribution < -0.4 is 10.9 Å². The summed E-state index contributed by atoms with van der Waals surface area (Å²) in [5, 5.41) is 9.81. The topological polar surface area (TPSA) is 123 Å². The number of hydrogen-bond acceptors (Lipinski definition) is 7. The molecule has 0 spiro atoms. The van der Waals surface area contributed by atoms with Gasteiger partial charge in [-0.1, -0.05) is 0 Å². The molecule has 0 atom stereocenters. The number of ether oxygens (including phenoxy) is 2. The van der Waals surface area contributed by atoms with Gasteiger partial charge in [-0.15, -0.1) is 0 Å². The molecule has 0 radical (unpaired) electrons. The van der Waals surface area contributed by atoms with Crippen LogP contribution >= 0.6 is 0 Å². The molecule has 0 saturated heterocycles. The van der Waals surface area contributed by atoms with Gasteiger partial charge in [-0.2, -0.15) is 13.2 Å². The lowest BCUT2D eigenvalue weighted by Gasteiger charge is -2.19. The van der Waals surface area contributed by atoms with Crippen molar-refractivity contribution in [3.05, 3.63) is 27.9 Å². The summed E-state index contributed by atoms with van der Waals surface area (Å²) in [6.07, 6.45) is -4.18. The van der Waals surface area contributed by atoms with Crippen molar-refractivity contribution in [1.29, 1.82) is 0 Å². The first-order valence-corrected chi connectivity index (χ1v) is 8.95. The number of carbonyl (C=O) groups is 2. The predicted molar refractivity (Wildman–Crippen MR) is 97.7 cm³/mol. The highest BCUT2D eigenvalue weighted by atomic mass is 19.4. The predicted octanol–water partition coefficient (Wildman–Crippen LogP) is -0.00870. The number of aromatic nitrogens is 2. The fourth-order valence-corrected chi connectivity index (χ4v) is 2.57. The summed E-state index contributed by atoms with van der Waals surface area (Å²) in [6, 6.07) is 1.49. The largest absolute Gasteiger partial charge is 0.490 e. The van der Waals surface area contributed by atoms with Gasteiger partial charge in [-0.05, 0) is 6.42 Å². The lowest BCUT2D eigenvalue weighted by molar-refractivity contribution is -0.192. The van der Waals surface area contributed by atoms with Gasteiger partial charge in [0.1, 0.15) is 12.4 Å². The smallest absolute Gasteiger partial charge is 0.475 e. The number of carboxylic acid groups (broad SMARTS) is 1. The van der Waals surface area contributed by atoms with Crippen LogP contribution in [0.5, 0.6) is 0 Å². The number of methoxy groups -OCH3 is 2. The van der Waals surface area contributed by atoms with Gasteiger partial charge < -0.3 is 19.9 Å². The van der Waals surface area contributed by atoms with E-state index in [9.17, 15) is 22.8 Å². The van der Waals surface area contributed by atoms with Crippen LogP contribution in [-0.4, -0.2) is 78.1 Å². The molecule has 13 heteroatoms. The molecule has 0 aromatic carbocycles. The molecule has 1 aliphatic rings. The zero-order valence-electron chi connectivity index (χ0n) is 16.7. The Morgan fingerprint density at radius 3 is 2.50 bits per heavy atom. The molecule has 1 aromatic heterocycles. The summed E-state index contributed by atoms with van der Waals surface area (Å²) in [4.78, 5) is 39.4. The second kappa shape index (κ2) is 12.2. The highest BCUT2D eigenvalue weighted by Crippen LogP contribution is 2.13. The van der Waals surface area contributed by atoms with Crippen molar-refractivity contribution in [2.45, 2.75) is 32.2 Å². The molecule has 0 saturated carbocycles. The van der Waals surface area contributed by atoms with Gasteiger partial charge in [0.15, 0.2) is 0 Å². The standard InChI is InChI=1S/C15H24N4O4.C2HF3O2/c1-22-7-6-18-4-3-5-19-13(10-18)17-12(8-15(19)21)9-16-14(20)11-23-2;3-2(4,5)1(6)7/h8H,3-7,9-11H2,1-2H3,(H,16,20);(H,6,7). The molecular weight excluding hydrogens is 413 g/mol. The third-order valence-corrected chi connectivity index (χ3v) is 3.96. The number of hydrogen-bond donors (Lipinski definition) is 2. The molecule has 170 valence electrons. The molecule has 0 bridgehead atoms. The van der Waals surface area contributed by atoms with Crippen molar-refractivity contribution in [3.63, 3.8) is 0 Å². The summed E-state index contributed by atoms with van der Waals surface area (Å²) in [7, 11) is 3.14. The van der Waals surface area contributed by atoms with Crippen LogP contribution in [0, 0.1) is 0 Å². The van der Waals surface area contributed by atoms with E-state index < -0.39 is 12.1 Å². The number of alkyl halides is 3. The van der Waals surface area contributed by atoms with Crippen LogP contribution in [0.25, 0.3) is 0 Å². The van der Waals surface area contributed by atoms with Gasteiger partial charge in [-0.3, -0.25) is 19.1 Å². The summed E-state index contributed by atoms with van der Waals surface area (Å²) in [5.74, 6) is -2.25. The number of aliphatic carboxylic acids is 1. The Bertz CT molecular complexity index is 769. The van der Waals surface area contributed by atoms with E-state index >= 15 is 0 Å². The van der Waals surface area contributed by atoms with Crippen LogP contribution in [-0.2, 0) is 38.7 Å². The normalized spacial score (nSPS) is 14.2. The van der Waals surface area contributed by atoms with Gasteiger partial charge in [-0.25, -0.2) is 9.78 Å². The number of carbonyl (C=O) groups excluding carboxylic acids is 1. The number of nitrogens with zero attached hydrogens (tertiary/aromatic N) is 3. The van der Waals surface area contributed by atoms with Crippen molar-refractivity contribution >= 4 is 11.9 Å². The van der Waals surface area contributed by atoms with E-state index in [4.69, 9.17) is 19.4 Å². The quantitative estimate of drug-likeness (QED) is 0.610. The van der Waals surface area contributed by atoms with Crippen molar-refractivity contribution in [3.8, 4) is 0 Å². The Kier molecular flexibility index (Phi) is 10.4. The second-order valence-electron chi connectivity index (χ2n) is 6.29. The van der Waals surface area contributed by atoms with Gasteiger partial charge in [0.05, 0.1) is 25.4 Å². The molecule has 30 heavy (non-hydrogen) atoms. The summed E-state index contributed by atoms with van der Waals surface area (Å²) in [6.45, 7) is 3.86. The van der Waals surface area contributed by atoms with Crippen LogP contribution in [0.4, 0.5) is 13.2 Å². The highest BCUT2D eigenvalue weighted by Gasteiger charge is 2.38. The number of amides is 1. The first-order chi connectivity index (χ1) is 14.1. The van der Waals surface area contributed by atoms with E-state index in [2.05, 4.69) is 15.2 Å². The molecule has 1 amide bonds. The van der Waals surface area contributed by atoms with E-state index in [1.54, 1.807) is 11.7 Å². The SMILES string of the molecule is COCCN1CCCn2c(nc(CNC(=O)COC)cc2=O)C1.O=C(O)C(F)(F)F. The Labute approximate surface area is 170 Å². The molecule has 2 heterocycles. The number of rotatable bonds is 7. The molecule has 0 unspecified atom stereocenters. The molecular formula is C17H25F3N4O6. The number of carboxylic acids is 1. The molecule has 0 fully saturated rings. The monoisotopic (exact) mass is 438 g/mol. The van der Waals surface area contributed by atoms with Crippen molar-refractivity contribution in [2.24, 2.45) is 0 Å². The third kappa shape index (κ3) is 8.88. The van der Waals surface area contributed by atoms with Crippen LogP contribution in [0.1, 0.15) is 17.9 Å². The van der Waals surface area contributed by atoms with Gasteiger partial charge in [0.25, 0.3) is 5.56 Å². The minimum atomic E-state index is -5.08. The van der Waals surface area contributed by atoms with Crippen molar-refractivity contribution < 1.29 is 37.3 Å². The summed E-state index contributed by atoms with van der Waals surface area (Å²) in [5.41, 5.74) is 0.499. The van der Waals surface area contributed by atoms with Crippen molar-refractivity contribution in [1.82, 2.24) is 19.8 Å². The molecule has 0 aliphatic carbocycles. The van der Waals surface area contributed by atoms with E-state index in [1.807, 2.05) is 0 Å². The van der Waals surface area contributed by atoms with Gasteiger partial charge in [0.2, 0.25) is 5.91 Å². The van der Waals surface area contributed by atoms with Gasteiger partial charge in [0, 0.05) is 39.9 Å². The van der Waals surface area contributed by atoms with Crippen LogP contribution in [0.3, 0.4) is 0 Å². The Morgan fingerprint density at radius 1 is 1.27 bits per heavy atom. The fraction of sp³-hybridized carbons (Fsp3) is 0.647. The minimum Gasteiger partial charge on any atom is -0.475 e. The Hall–Kier alpha value is -2.51. The summed E-state index contributed by atoms with van der Waals surface area (Å²) >= 11 is 0. The van der Waals surface area contributed by atoms with E-state index in [0.29, 0.717) is 25.4 Å². The molecule has 1 aliphatic heterocycles. The average Bonchev–Trinajstić information content (AvgIpc) is 2.87. The number of halogens is 3. The molecule has 10 nitrogen and oxygen atoms in total. The maximum absolute atomic E-state index is 12.3. The number of fused-ring (bicyclic) bond motifs is 1. The fourth-order valence-electron chi connectivity index (χ4n) is 2.57. The van der Waals surface area contributed by atoms with Crippen molar-refractivity contribution in [2.75, 3.05) is 40.5 Å². The van der Waals surface area contributed by atoms with Crippen LogP contribution in [0.2, 0.25) is 0 Å². The van der Waals surface area contributed by atoms with E-state index in [-0.39, 0.29) is 24.6 Å². The van der Waals surface area contributed by atoms with Gasteiger partial charge >= 0.3 is 12.1 Å². The maximum Gasteiger partial charge on any atom is 0.490 e. The maximum atomic E-state index is 12.3. The number of nitrogens with one attached hydrogen (secondary N) is 1. The zero-order valence-corrected chi connectivity index (χ0v) is 16.7. The Balaban J connectivity index is 0.000000553. The van der Waals surface area contributed by atoms with E-state index in [0.717, 1.165) is 25.3 Å². The summed E-state index contributed by atoms with van der Waals surface area (Å²) < 4.78 is 43.3. The zero-order chi connectivity index (χ0) is 22.7. The highest BCUT2D eigenvalue weighted by molar-refractivity contribution is 5.77. The molecule has 2 rings (SSSR count). The first kappa shape index (κ1) is 25.5. The second-order valence-corrected chi connectivity index (χ2v) is 6.29. The lowest BCUT2D eigenvalue weighted by Crippen LogP contribution is -2.31. The minimum absolute atomic E-state index is 0.00524. The lowest BCUT2D eigenvalue weighted by atomic mass is 10.3. The van der Waals surface area contributed by atoms with E-state index in [1.165, 1.54) is 13.2 Å². The molecule has 2 N–H and O–H groups in total. The molecule has 1 aromatic rings.